The van der Waals surface area contributed by atoms with Gasteiger partial charge < -0.3 is 10.2 Å². The number of pyridine rings is 1. The third kappa shape index (κ3) is 4.09. The Hall–Kier alpha value is -3.27. The van der Waals surface area contributed by atoms with E-state index < -0.39 is 9.84 Å². The molecule has 1 atom stereocenters. The standard InChI is InChI=1S/C25H27N5O4S/c1-15-23-20(25(32)26-17-4-2-5-18(12-17)29-10-3-6-22(29)31)13-21(16-7-8-16)27-24(23)30(28-15)19-9-11-35(33,34)14-19/h2,4-5,12-13,16,19H,3,6-11,14H2,1H3,(H,26,32). The number of aromatic nitrogens is 3. The second-order valence-corrected chi connectivity index (χ2v) is 12.0. The second kappa shape index (κ2) is 8.15. The van der Waals surface area contributed by atoms with Crippen molar-refractivity contribution in [3.05, 3.63) is 47.3 Å². The fraction of sp³-hybridized carbons (Fsp3) is 0.440. The summed E-state index contributed by atoms with van der Waals surface area (Å²) in [5.41, 5.74) is 3.95. The van der Waals surface area contributed by atoms with Crippen molar-refractivity contribution in [3.8, 4) is 0 Å². The number of hydrogen-bond acceptors (Lipinski definition) is 6. The first-order chi connectivity index (χ1) is 16.8. The van der Waals surface area contributed by atoms with Crippen LogP contribution in [0.3, 0.4) is 0 Å². The van der Waals surface area contributed by atoms with E-state index in [1.54, 1.807) is 9.58 Å². The minimum atomic E-state index is -3.10. The molecule has 2 aliphatic heterocycles. The molecule has 6 rings (SSSR count). The summed E-state index contributed by atoms with van der Waals surface area (Å²) in [4.78, 5) is 32.3. The third-order valence-electron chi connectivity index (χ3n) is 7.14. The van der Waals surface area contributed by atoms with E-state index in [1.165, 1.54) is 0 Å². The average molecular weight is 494 g/mol. The molecule has 0 bridgehead atoms. The highest BCUT2D eigenvalue weighted by molar-refractivity contribution is 7.91. The van der Waals surface area contributed by atoms with Gasteiger partial charge in [-0.3, -0.25) is 9.59 Å². The molecular formula is C25H27N5O4S. The van der Waals surface area contributed by atoms with Gasteiger partial charge in [0.25, 0.3) is 5.91 Å². The Morgan fingerprint density at radius 3 is 2.69 bits per heavy atom. The Balaban J connectivity index is 1.38. The van der Waals surface area contributed by atoms with Crippen molar-refractivity contribution in [1.82, 2.24) is 14.8 Å². The largest absolute Gasteiger partial charge is 0.322 e. The summed E-state index contributed by atoms with van der Waals surface area (Å²) in [6, 6.07) is 8.91. The lowest BCUT2D eigenvalue weighted by Crippen LogP contribution is -2.23. The van der Waals surface area contributed by atoms with Crippen LogP contribution in [-0.2, 0) is 14.6 Å². The maximum Gasteiger partial charge on any atom is 0.256 e. The van der Waals surface area contributed by atoms with Crippen LogP contribution in [0.1, 0.15) is 65.8 Å². The maximum absolute atomic E-state index is 13.6. The van der Waals surface area contributed by atoms with Gasteiger partial charge in [0.2, 0.25) is 5.91 Å². The van der Waals surface area contributed by atoms with E-state index in [0.29, 0.717) is 53.3 Å². The number of aryl methyl sites for hydroxylation is 1. The Kier molecular flexibility index (Phi) is 5.17. The van der Waals surface area contributed by atoms with Crippen LogP contribution in [-0.4, -0.2) is 53.0 Å². The number of nitrogens with zero attached hydrogens (tertiary/aromatic N) is 4. The summed E-state index contributed by atoms with van der Waals surface area (Å²) >= 11 is 0. The average Bonchev–Trinajstić information content (AvgIpc) is 3.37. The molecule has 1 aromatic carbocycles. The van der Waals surface area contributed by atoms with Crippen LogP contribution in [0, 0.1) is 6.92 Å². The Labute approximate surface area is 203 Å². The zero-order chi connectivity index (χ0) is 24.3. The summed E-state index contributed by atoms with van der Waals surface area (Å²) in [6.07, 6.45) is 3.92. The van der Waals surface area contributed by atoms with Crippen LogP contribution in [0.2, 0.25) is 0 Å². The lowest BCUT2D eigenvalue weighted by atomic mass is 10.1. The molecule has 3 fully saturated rings. The zero-order valence-corrected chi connectivity index (χ0v) is 20.3. The van der Waals surface area contributed by atoms with Crippen LogP contribution in [0.4, 0.5) is 11.4 Å². The molecule has 3 aliphatic rings. The smallest absolute Gasteiger partial charge is 0.256 e. The Bertz CT molecular complexity index is 1470. The van der Waals surface area contributed by atoms with Crippen LogP contribution in [0.15, 0.2) is 30.3 Å². The molecule has 0 spiro atoms. The van der Waals surface area contributed by atoms with Crippen LogP contribution >= 0.6 is 0 Å². The van der Waals surface area contributed by atoms with Crippen molar-refractivity contribution in [1.29, 1.82) is 0 Å². The van der Waals surface area contributed by atoms with E-state index in [1.807, 2.05) is 37.3 Å². The molecule has 2 aromatic heterocycles. The summed E-state index contributed by atoms with van der Waals surface area (Å²) in [5, 5.41) is 8.30. The molecule has 1 saturated carbocycles. The van der Waals surface area contributed by atoms with E-state index in [2.05, 4.69) is 10.4 Å². The maximum atomic E-state index is 13.6. The predicted molar refractivity (Wildman–Crippen MR) is 133 cm³/mol. The summed E-state index contributed by atoms with van der Waals surface area (Å²) in [7, 11) is -3.10. The summed E-state index contributed by atoms with van der Waals surface area (Å²) < 4.78 is 25.9. The van der Waals surface area contributed by atoms with Gasteiger partial charge in [-0.05, 0) is 56.9 Å². The minimum Gasteiger partial charge on any atom is -0.322 e. The van der Waals surface area contributed by atoms with Gasteiger partial charge in [-0.25, -0.2) is 18.1 Å². The number of carbonyl (C=O) groups is 2. The van der Waals surface area contributed by atoms with Crippen molar-refractivity contribution in [2.24, 2.45) is 0 Å². The molecule has 35 heavy (non-hydrogen) atoms. The molecule has 0 radical (unpaired) electrons. The van der Waals surface area contributed by atoms with Crippen molar-refractivity contribution in [2.75, 3.05) is 28.3 Å². The molecule has 1 N–H and O–H groups in total. The normalized spacial score (nSPS) is 21.7. The van der Waals surface area contributed by atoms with E-state index >= 15 is 0 Å². The number of fused-ring (bicyclic) bond motifs is 1. The Morgan fingerprint density at radius 1 is 1.17 bits per heavy atom. The molecular weight excluding hydrogens is 466 g/mol. The molecule has 182 valence electrons. The van der Waals surface area contributed by atoms with Gasteiger partial charge in [-0.2, -0.15) is 5.10 Å². The van der Waals surface area contributed by atoms with Gasteiger partial charge in [0.05, 0.1) is 34.2 Å². The van der Waals surface area contributed by atoms with Gasteiger partial charge in [0, 0.05) is 36.0 Å². The van der Waals surface area contributed by atoms with Crippen molar-refractivity contribution in [2.45, 2.75) is 51.0 Å². The number of anilines is 2. The topological polar surface area (TPSA) is 114 Å². The molecule has 4 heterocycles. The number of benzene rings is 1. The van der Waals surface area contributed by atoms with Gasteiger partial charge in [-0.1, -0.05) is 6.07 Å². The van der Waals surface area contributed by atoms with Crippen LogP contribution in [0.25, 0.3) is 11.0 Å². The molecule has 3 aromatic rings. The number of nitrogens with one attached hydrogen (secondary N) is 1. The summed E-state index contributed by atoms with van der Waals surface area (Å²) in [5.74, 6) is 0.318. The first kappa shape index (κ1) is 22.2. The highest BCUT2D eigenvalue weighted by atomic mass is 32.2. The van der Waals surface area contributed by atoms with Gasteiger partial charge in [0.1, 0.15) is 0 Å². The lowest BCUT2D eigenvalue weighted by Gasteiger charge is -2.17. The van der Waals surface area contributed by atoms with Crippen molar-refractivity contribution < 1.29 is 18.0 Å². The molecule has 10 heteroatoms. The molecule has 9 nitrogen and oxygen atoms in total. The van der Waals surface area contributed by atoms with Crippen molar-refractivity contribution >= 4 is 44.1 Å². The first-order valence-corrected chi connectivity index (χ1v) is 13.9. The molecule has 2 saturated heterocycles. The van der Waals surface area contributed by atoms with Gasteiger partial charge in [0.15, 0.2) is 15.5 Å². The fourth-order valence-electron chi connectivity index (χ4n) is 5.19. The zero-order valence-electron chi connectivity index (χ0n) is 19.5. The van der Waals surface area contributed by atoms with Gasteiger partial charge >= 0.3 is 0 Å². The van der Waals surface area contributed by atoms with Crippen molar-refractivity contribution in [3.63, 3.8) is 0 Å². The fourth-order valence-corrected chi connectivity index (χ4v) is 6.89. The Morgan fingerprint density at radius 2 is 2.00 bits per heavy atom. The van der Waals surface area contributed by atoms with Crippen LogP contribution < -0.4 is 10.2 Å². The quantitative estimate of drug-likeness (QED) is 0.583. The van der Waals surface area contributed by atoms with E-state index in [4.69, 9.17) is 4.98 Å². The number of hydrogen-bond donors (Lipinski definition) is 1. The highest BCUT2D eigenvalue weighted by Crippen LogP contribution is 2.41. The monoisotopic (exact) mass is 493 g/mol. The number of amides is 2. The number of sulfone groups is 1. The number of carbonyl (C=O) groups excluding carboxylic acids is 2. The molecule has 1 unspecified atom stereocenters. The molecule has 1 aliphatic carbocycles. The predicted octanol–water partition coefficient (Wildman–Crippen LogP) is 3.36. The third-order valence-corrected chi connectivity index (χ3v) is 8.89. The number of rotatable bonds is 5. The minimum absolute atomic E-state index is 0.0437. The van der Waals surface area contributed by atoms with Crippen LogP contribution in [0.5, 0.6) is 0 Å². The van der Waals surface area contributed by atoms with E-state index in [-0.39, 0.29) is 29.4 Å². The highest BCUT2D eigenvalue weighted by Gasteiger charge is 2.34. The summed E-state index contributed by atoms with van der Waals surface area (Å²) in [6.45, 7) is 2.51. The SMILES string of the molecule is Cc1nn(C2CCS(=O)(=O)C2)c2nc(C3CC3)cc(C(=O)Nc3cccc(N4CCCC4=O)c3)c12. The van der Waals surface area contributed by atoms with E-state index in [0.717, 1.165) is 30.6 Å². The first-order valence-electron chi connectivity index (χ1n) is 12.1. The van der Waals surface area contributed by atoms with E-state index in [9.17, 15) is 18.0 Å². The second-order valence-electron chi connectivity index (χ2n) is 9.81. The lowest BCUT2D eigenvalue weighted by molar-refractivity contribution is -0.117. The van der Waals surface area contributed by atoms with Gasteiger partial charge in [-0.15, -0.1) is 0 Å². The molecule has 2 amide bonds.